The molecule has 1 nitrogen and oxygen atoms in total. The van der Waals surface area contributed by atoms with E-state index >= 15 is 0 Å². The molecule has 1 aromatic carbocycles. The van der Waals surface area contributed by atoms with Crippen LogP contribution >= 0.6 is 0 Å². The summed E-state index contributed by atoms with van der Waals surface area (Å²) in [5, 5.41) is 3.76. The minimum Gasteiger partial charge on any atom is -0.310 e. The van der Waals surface area contributed by atoms with E-state index in [0.29, 0.717) is 11.5 Å². The molecular weight excluding hydrogens is 206 g/mol. The van der Waals surface area contributed by atoms with Crippen molar-refractivity contribution in [2.75, 3.05) is 6.54 Å². The average Bonchev–Trinajstić information content (AvgIpc) is 3.17. The minimum atomic E-state index is 0.493. The zero-order valence-electron chi connectivity index (χ0n) is 11.0. The van der Waals surface area contributed by atoms with Crippen LogP contribution in [0.5, 0.6) is 0 Å². The van der Waals surface area contributed by atoms with Crippen LogP contribution in [0.3, 0.4) is 0 Å². The summed E-state index contributed by atoms with van der Waals surface area (Å²) >= 11 is 0. The molecule has 1 aromatic rings. The van der Waals surface area contributed by atoms with Gasteiger partial charge in [0.2, 0.25) is 0 Å². The molecule has 0 spiro atoms. The van der Waals surface area contributed by atoms with Gasteiger partial charge in [-0.1, -0.05) is 24.3 Å². The third-order valence-electron chi connectivity index (χ3n) is 4.75. The summed E-state index contributed by atoms with van der Waals surface area (Å²) < 4.78 is 0. The smallest absolute Gasteiger partial charge is 0.0294 e. The van der Waals surface area contributed by atoms with E-state index in [2.05, 4.69) is 43.4 Å². The predicted octanol–water partition coefficient (Wildman–Crippen LogP) is 3.84. The van der Waals surface area contributed by atoms with Crippen molar-refractivity contribution in [2.45, 2.75) is 45.6 Å². The van der Waals surface area contributed by atoms with Crippen molar-refractivity contribution in [3.63, 3.8) is 0 Å². The van der Waals surface area contributed by atoms with Crippen LogP contribution in [0.4, 0.5) is 0 Å². The first-order chi connectivity index (χ1) is 8.21. The van der Waals surface area contributed by atoms with Gasteiger partial charge in [0.05, 0.1) is 0 Å². The second-order valence-electron chi connectivity index (χ2n) is 6.10. The molecule has 17 heavy (non-hydrogen) atoms. The molecular formula is C16H23N. The van der Waals surface area contributed by atoms with E-state index in [1.807, 2.05) is 0 Å². The number of rotatable bonds is 5. The highest BCUT2D eigenvalue weighted by molar-refractivity contribution is 5.28. The van der Waals surface area contributed by atoms with E-state index in [4.69, 9.17) is 0 Å². The highest BCUT2D eigenvalue weighted by Gasteiger charge is 2.53. The lowest BCUT2D eigenvalue weighted by atomic mass is 9.98. The lowest BCUT2D eigenvalue weighted by Crippen LogP contribution is -2.28. The quantitative estimate of drug-likeness (QED) is 0.809. The van der Waals surface area contributed by atoms with Gasteiger partial charge in [0.1, 0.15) is 0 Å². The first-order valence-corrected chi connectivity index (χ1v) is 7.00. The number of benzene rings is 1. The van der Waals surface area contributed by atoms with Crippen molar-refractivity contribution in [1.29, 1.82) is 0 Å². The molecule has 1 N–H and O–H groups in total. The molecule has 0 heterocycles. The first-order valence-electron chi connectivity index (χ1n) is 7.00. The summed E-state index contributed by atoms with van der Waals surface area (Å²) in [6.07, 6.45) is 5.90. The second kappa shape index (κ2) is 4.13. The van der Waals surface area contributed by atoms with Crippen molar-refractivity contribution in [2.24, 2.45) is 11.3 Å². The molecule has 92 valence electrons. The molecule has 2 aliphatic carbocycles. The van der Waals surface area contributed by atoms with Gasteiger partial charge < -0.3 is 5.32 Å². The Bertz CT molecular complexity index is 402. The monoisotopic (exact) mass is 229 g/mol. The molecule has 2 fully saturated rings. The largest absolute Gasteiger partial charge is 0.310 e. The van der Waals surface area contributed by atoms with Gasteiger partial charge in [-0.2, -0.15) is 0 Å². The molecule has 0 saturated heterocycles. The van der Waals surface area contributed by atoms with Crippen molar-refractivity contribution in [3.05, 3.63) is 35.4 Å². The second-order valence-corrected chi connectivity index (χ2v) is 6.10. The van der Waals surface area contributed by atoms with E-state index in [9.17, 15) is 0 Å². The third kappa shape index (κ3) is 2.26. The fourth-order valence-electron chi connectivity index (χ4n) is 3.12. The van der Waals surface area contributed by atoms with Gasteiger partial charge in [-0.05, 0) is 62.0 Å². The number of hydrogen-bond acceptors (Lipinski definition) is 1. The zero-order chi connectivity index (χ0) is 11.9. The van der Waals surface area contributed by atoms with E-state index in [-0.39, 0.29) is 0 Å². The predicted molar refractivity (Wildman–Crippen MR) is 72.0 cm³/mol. The van der Waals surface area contributed by atoms with Crippen LogP contribution in [0.15, 0.2) is 24.3 Å². The normalized spacial score (nSPS) is 23.4. The maximum Gasteiger partial charge on any atom is 0.0294 e. The lowest BCUT2D eigenvalue weighted by molar-refractivity contribution is 0.381. The van der Waals surface area contributed by atoms with Crippen LogP contribution in [-0.2, 0) is 0 Å². The Hall–Kier alpha value is -0.820. The van der Waals surface area contributed by atoms with Crippen LogP contribution < -0.4 is 5.32 Å². The van der Waals surface area contributed by atoms with Crippen LogP contribution in [0.2, 0.25) is 0 Å². The molecule has 0 amide bonds. The zero-order valence-corrected chi connectivity index (χ0v) is 11.0. The lowest BCUT2D eigenvalue weighted by Gasteiger charge is -2.21. The minimum absolute atomic E-state index is 0.493. The summed E-state index contributed by atoms with van der Waals surface area (Å²) in [5.41, 5.74) is 3.57. The fraction of sp³-hybridized carbons (Fsp3) is 0.625. The van der Waals surface area contributed by atoms with Crippen LogP contribution in [-0.4, -0.2) is 6.54 Å². The Kier molecular flexibility index (Phi) is 2.74. The topological polar surface area (TPSA) is 12.0 Å². The van der Waals surface area contributed by atoms with Gasteiger partial charge in [0, 0.05) is 12.6 Å². The number of hydrogen-bond donors (Lipinski definition) is 1. The van der Waals surface area contributed by atoms with Gasteiger partial charge in [-0.25, -0.2) is 0 Å². The van der Waals surface area contributed by atoms with Gasteiger partial charge in [0.15, 0.2) is 0 Å². The molecule has 2 saturated carbocycles. The van der Waals surface area contributed by atoms with Crippen LogP contribution in [0.1, 0.15) is 49.8 Å². The molecule has 2 aliphatic rings. The number of nitrogens with one attached hydrogen (secondary N) is 1. The molecule has 0 radical (unpaired) electrons. The Morgan fingerprint density at radius 2 is 2.00 bits per heavy atom. The highest BCUT2D eigenvalue weighted by atomic mass is 14.9. The van der Waals surface area contributed by atoms with Crippen molar-refractivity contribution < 1.29 is 0 Å². The molecule has 0 bridgehead atoms. The van der Waals surface area contributed by atoms with E-state index < -0.39 is 0 Å². The third-order valence-corrected chi connectivity index (χ3v) is 4.75. The molecule has 3 rings (SSSR count). The van der Waals surface area contributed by atoms with Crippen molar-refractivity contribution >= 4 is 0 Å². The maximum absolute atomic E-state index is 3.76. The highest BCUT2D eigenvalue weighted by Crippen LogP contribution is 2.60. The molecule has 1 unspecified atom stereocenters. The molecule has 0 aromatic heterocycles. The number of aryl methyl sites for hydroxylation is 1. The summed E-state index contributed by atoms with van der Waals surface area (Å²) in [6.45, 7) is 5.74. The molecule has 1 heteroatoms. The summed E-state index contributed by atoms with van der Waals surface area (Å²) in [7, 11) is 0. The fourth-order valence-corrected chi connectivity index (χ4v) is 3.12. The molecule has 0 aliphatic heterocycles. The standard InChI is InChI=1S/C16H23N/c1-12-5-3-4-6-15(12)13(2)17-11-16(9-10-16)14-7-8-14/h3-6,13-14,17H,7-11H2,1-2H3. The summed E-state index contributed by atoms with van der Waals surface area (Å²) in [4.78, 5) is 0. The Morgan fingerprint density at radius 3 is 2.59 bits per heavy atom. The van der Waals surface area contributed by atoms with E-state index in [1.54, 1.807) is 0 Å². The van der Waals surface area contributed by atoms with Gasteiger partial charge in [-0.15, -0.1) is 0 Å². The van der Waals surface area contributed by atoms with Crippen LogP contribution in [0.25, 0.3) is 0 Å². The Morgan fingerprint density at radius 1 is 1.29 bits per heavy atom. The van der Waals surface area contributed by atoms with Gasteiger partial charge in [-0.3, -0.25) is 0 Å². The van der Waals surface area contributed by atoms with E-state index in [1.165, 1.54) is 43.4 Å². The average molecular weight is 229 g/mol. The van der Waals surface area contributed by atoms with Crippen molar-refractivity contribution in [1.82, 2.24) is 5.32 Å². The van der Waals surface area contributed by atoms with Crippen LogP contribution in [0, 0.1) is 18.3 Å². The molecule has 1 atom stereocenters. The van der Waals surface area contributed by atoms with Gasteiger partial charge >= 0.3 is 0 Å². The van der Waals surface area contributed by atoms with E-state index in [0.717, 1.165) is 5.92 Å². The Labute approximate surface area is 105 Å². The first kappa shape index (κ1) is 11.3. The van der Waals surface area contributed by atoms with Gasteiger partial charge in [0.25, 0.3) is 0 Å². The maximum atomic E-state index is 3.76. The summed E-state index contributed by atoms with van der Waals surface area (Å²) in [5.74, 6) is 1.05. The SMILES string of the molecule is Cc1ccccc1C(C)NCC1(C2CC2)CC1. The summed E-state index contributed by atoms with van der Waals surface area (Å²) in [6, 6.07) is 9.23. The Balaban J connectivity index is 1.60. The van der Waals surface area contributed by atoms with Crippen molar-refractivity contribution in [3.8, 4) is 0 Å².